The summed E-state index contributed by atoms with van der Waals surface area (Å²) in [4.78, 5) is 14.8. The van der Waals surface area contributed by atoms with Crippen molar-refractivity contribution in [3.05, 3.63) is 175 Å². The van der Waals surface area contributed by atoms with Gasteiger partial charge in [-0.25, -0.2) is 15.0 Å². The number of fused-ring (bicyclic) bond motifs is 7. The van der Waals surface area contributed by atoms with Crippen molar-refractivity contribution in [1.29, 1.82) is 0 Å². The van der Waals surface area contributed by atoms with Crippen LogP contribution in [-0.4, -0.2) is 15.0 Å². The van der Waals surface area contributed by atoms with Gasteiger partial charge in [0.2, 0.25) is 0 Å². The molecular formula is C48H33N3O. The number of rotatable bonds is 5. The van der Waals surface area contributed by atoms with Crippen LogP contribution in [0.25, 0.3) is 89.5 Å². The Kier molecular flexibility index (Phi) is 6.80. The van der Waals surface area contributed by atoms with E-state index in [1.54, 1.807) is 0 Å². The lowest BCUT2D eigenvalue weighted by Gasteiger charge is -2.22. The van der Waals surface area contributed by atoms with Gasteiger partial charge in [0, 0.05) is 38.4 Å². The fourth-order valence-electron chi connectivity index (χ4n) is 7.92. The number of hydrogen-bond acceptors (Lipinski definition) is 4. The lowest BCUT2D eigenvalue weighted by Crippen LogP contribution is -2.15. The Bertz CT molecular complexity index is 2760. The maximum atomic E-state index is 6.74. The Balaban J connectivity index is 1.12. The van der Waals surface area contributed by atoms with Crippen molar-refractivity contribution in [1.82, 2.24) is 15.0 Å². The zero-order chi connectivity index (χ0) is 34.8. The van der Waals surface area contributed by atoms with Gasteiger partial charge in [0.1, 0.15) is 11.2 Å². The van der Waals surface area contributed by atoms with Gasteiger partial charge in [0.15, 0.2) is 17.5 Å². The van der Waals surface area contributed by atoms with Gasteiger partial charge in [-0.2, -0.15) is 0 Å². The molecule has 0 saturated heterocycles. The Morgan fingerprint density at radius 3 is 1.63 bits per heavy atom. The number of para-hydroxylation sites is 1. The summed E-state index contributed by atoms with van der Waals surface area (Å²) < 4.78 is 6.74. The molecule has 0 aliphatic heterocycles. The predicted octanol–water partition coefficient (Wildman–Crippen LogP) is 12.4. The maximum Gasteiger partial charge on any atom is 0.164 e. The monoisotopic (exact) mass is 667 g/mol. The highest BCUT2D eigenvalue weighted by atomic mass is 16.3. The minimum Gasteiger partial charge on any atom is -0.455 e. The summed E-state index contributed by atoms with van der Waals surface area (Å²) in [6.45, 7) is 4.68. The molecule has 4 nitrogen and oxygen atoms in total. The number of aromatic nitrogens is 3. The third-order valence-corrected chi connectivity index (χ3v) is 10.5. The van der Waals surface area contributed by atoms with Gasteiger partial charge in [-0.05, 0) is 63.2 Å². The van der Waals surface area contributed by atoms with Crippen LogP contribution in [0, 0.1) is 0 Å². The van der Waals surface area contributed by atoms with E-state index >= 15 is 0 Å². The molecule has 0 N–H and O–H groups in total. The van der Waals surface area contributed by atoms with Crippen LogP contribution in [0.3, 0.4) is 0 Å². The highest BCUT2D eigenvalue weighted by Gasteiger charge is 2.38. The van der Waals surface area contributed by atoms with E-state index in [2.05, 4.69) is 111 Å². The molecule has 2 heterocycles. The highest BCUT2D eigenvalue weighted by molar-refractivity contribution is 6.18. The zero-order valence-electron chi connectivity index (χ0n) is 28.8. The van der Waals surface area contributed by atoms with Crippen LogP contribution in [0.1, 0.15) is 25.0 Å². The average Bonchev–Trinajstić information content (AvgIpc) is 3.70. The highest BCUT2D eigenvalue weighted by Crippen LogP contribution is 2.55. The Morgan fingerprint density at radius 2 is 0.942 bits per heavy atom. The maximum absolute atomic E-state index is 6.74. The summed E-state index contributed by atoms with van der Waals surface area (Å²) >= 11 is 0. The molecule has 1 aliphatic rings. The molecule has 0 amide bonds. The SMILES string of the molecule is CC1(C)c2ccccc2-c2c1cc(-c1cccc(-c3cccc(-c4nc(-c5ccccc5)nc(-c5ccccc5)n4)c3)c1)c1oc3ccccc3c21. The normalized spacial score (nSPS) is 13.0. The molecule has 4 heteroatoms. The van der Waals surface area contributed by atoms with E-state index in [1.165, 1.54) is 27.6 Å². The largest absolute Gasteiger partial charge is 0.455 e. The van der Waals surface area contributed by atoms with E-state index in [0.717, 1.165) is 55.5 Å². The van der Waals surface area contributed by atoms with Crippen LogP contribution in [0.5, 0.6) is 0 Å². The number of benzene rings is 7. The molecule has 9 aromatic rings. The fraction of sp³-hybridized carbons (Fsp3) is 0.0625. The van der Waals surface area contributed by atoms with Crippen LogP contribution in [0.2, 0.25) is 0 Å². The minimum absolute atomic E-state index is 0.152. The van der Waals surface area contributed by atoms with Gasteiger partial charge >= 0.3 is 0 Å². The molecule has 0 unspecified atom stereocenters. The van der Waals surface area contributed by atoms with E-state index in [9.17, 15) is 0 Å². The van der Waals surface area contributed by atoms with Crippen LogP contribution >= 0.6 is 0 Å². The van der Waals surface area contributed by atoms with Crippen molar-refractivity contribution < 1.29 is 4.42 Å². The molecule has 0 spiro atoms. The zero-order valence-corrected chi connectivity index (χ0v) is 28.8. The standard InChI is InChI=1S/C48H33N3O/c1-48(2)39-25-11-9-23-36(39)42-40(48)29-38(44-43(42)37-24-10-12-26-41(37)52-44)34-21-13-19-32(27-34)33-20-14-22-35(28-33)47-50-45(30-15-5-3-6-16-30)49-46(51-47)31-17-7-4-8-18-31/h3-29H,1-2H3. The van der Waals surface area contributed by atoms with E-state index in [-0.39, 0.29) is 5.41 Å². The molecular weight excluding hydrogens is 635 g/mol. The van der Waals surface area contributed by atoms with E-state index in [0.29, 0.717) is 17.5 Å². The smallest absolute Gasteiger partial charge is 0.164 e. The van der Waals surface area contributed by atoms with Crippen LogP contribution < -0.4 is 0 Å². The summed E-state index contributed by atoms with van der Waals surface area (Å²) in [5, 5.41) is 2.33. The first kappa shape index (κ1) is 30.2. The minimum atomic E-state index is -0.152. The van der Waals surface area contributed by atoms with Crippen molar-refractivity contribution in [2.75, 3.05) is 0 Å². The fourth-order valence-corrected chi connectivity index (χ4v) is 7.92. The number of hydrogen-bond donors (Lipinski definition) is 0. The van der Waals surface area contributed by atoms with E-state index in [4.69, 9.17) is 19.4 Å². The van der Waals surface area contributed by atoms with Crippen LogP contribution in [0.15, 0.2) is 168 Å². The molecule has 0 saturated carbocycles. The topological polar surface area (TPSA) is 51.8 Å². The number of furan rings is 1. The quantitative estimate of drug-likeness (QED) is 0.183. The molecule has 7 aromatic carbocycles. The summed E-state index contributed by atoms with van der Waals surface area (Å²) in [7, 11) is 0. The Hall–Kier alpha value is -6.65. The molecule has 0 fully saturated rings. The second kappa shape index (κ2) is 11.7. The predicted molar refractivity (Wildman–Crippen MR) is 212 cm³/mol. The van der Waals surface area contributed by atoms with Gasteiger partial charge in [-0.3, -0.25) is 0 Å². The Labute approximate surface area is 302 Å². The van der Waals surface area contributed by atoms with Crippen molar-refractivity contribution >= 4 is 21.9 Å². The molecule has 0 bridgehead atoms. The van der Waals surface area contributed by atoms with Gasteiger partial charge in [-0.15, -0.1) is 0 Å². The van der Waals surface area contributed by atoms with Gasteiger partial charge in [-0.1, -0.05) is 153 Å². The van der Waals surface area contributed by atoms with Crippen molar-refractivity contribution in [3.63, 3.8) is 0 Å². The van der Waals surface area contributed by atoms with Gasteiger partial charge < -0.3 is 4.42 Å². The Morgan fingerprint density at radius 1 is 0.423 bits per heavy atom. The number of nitrogens with zero attached hydrogens (tertiary/aromatic N) is 3. The first-order valence-electron chi connectivity index (χ1n) is 17.7. The molecule has 52 heavy (non-hydrogen) atoms. The first-order chi connectivity index (χ1) is 25.5. The molecule has 1 aliphatic carbocycles. The molecule has 0 atom stereocenters. The lowest BCUT2D eigenvalue weighted by atomic mass is 9.81. The van der Waals surface area contributed by atoms with Crippen LogP contribution in [0.4, 0.5) is 0 Å². The van der Waals surface area contributed by atoms with Gasteiger partial charge in [0.05, 0.1) is 0 Å². The van der Waals surface area contributed by atoms with E-state index in [1.807, 2.05) is 66.7 Å². The lowest BCUT2D eigenvalue weighted by molar-refractivity contribution is 0.657. The molecule has 10 rings (SSSR count). The summed E-state index contributed by atoms with van der Waals surface area (Å²) in [6, 6.07) is 57.1. The first-order valence-corrected chi connectivity index (χ1v) is 17.7. The van der Waals surface area contributed by atoms with Crippen molar-refractivity contribution in [3.8, 4) is 67.5 Å². The second-order valence-electron chi connectivity index (χ2n) is 14.0. The molecule has 246 valence electrons. The molecule has 2 aromatic heterocycles. The third kappa shape index (κ3) is 4.79. The summed E-state index contributed by atoms with van der Waals surface area (Å²) in [5.74, 6) is 1.93. The van der Waals surface area contributed by atoms with Crippen molar-refractivity contribution in [2.24, 2.45) is 0 Å². The molecule has 0 radical (unpaired) electrons. The van der Waals surface area contributed by atoms with Crippen molar-refractivity contribution in [2.45, 2.75) is 19.3 Å². The van der Waals surface area contributed by atoms with Crippen LogP contribution in [-0.2, 0) is 5.41 Å². The summed E-state index contributed by atoms with van der Waals surface area (Å²) in [6.07, 6.45) is 0. The average molecular weight is 668 g/mol. The summed E-state index contributed by atoms with van der Waals surface area (Å²) in [5.41, 5.74) is 14.1. The van der Waals surface area contributed by atoms with E-state index < -0.39 is 0 Å². The third-order valence-electron chi connectivity index (χ3n) is 10.5. The second-order valence-corrected chi connectivity index (χ2v) is 14.0. The van der Waals surface area contributed by atoms with Gasteiger partial charge in [0.25, 0.3) is 0 Å².